The number of fused-ring (bicyclic) bond motifs is 1. The molecule has 202 valence electrons. The first-order valence-electron chi connectivity index (χ1n) is 15.2. The zero-order chi connectivity index (χ0) is 25.5. The van der Waals surface area contributed by atoms with E-state index in [9.17, 15) is 4.79 Å². The molecule has 0 atom stereocenters. The van der Waals surface area contributed by atoms with Crippen molar-refractivity contribution in [3.63, 3.8) is 0 Å². The molecule has 0 radical (unpaired) electrons. The lowest BCUT2D eigenvalue weighted by atomic mass is 9.49. The fourth-order valence-corrected chi connectivity index (χ4v) is 9.08. The van der Waals surface area contributed by atoms with E-state index in [0.29, 0.717) is 18.5 Å². The summed E-state index contributed by atoms with van der Waals surface area (Å²) in [5.41, 5.74) is 4.19. The van der Waals surface area contributed by atoms with E-state index in [-0.39, 0.29) is 5.91 Å². The van der Waals surface area contributed by atoms with E-state index in [1.165, 1.54) is 62.5 Å². The molecule has 1 saturated heterocycles. The minimum absolute atomic E-state index is 0.249. The van der Waals surface area contributed by atoms with Gasteiger partial charge in [-0.25, -0.2) is 9.97 Å². The highest BCUT2D eigenvalue weighted by molar-refractivity contribution is 5.78. The standard InChI is InChI=1S/C32H43N5O/c38-30(20-36-9-6-24(7-10-36)12-23-4-2-1-3-5-23)37-11-8-28-29(19-37)34-22-35-31(28)33-21-32-16-25-13-26(17-32)15-27(14-25)18-32/h1-5,22,24-27H,6-21H2,(H,33,34,35). The average Bonchev–Trinajstić information content (AvgIpc) is 2.92. The van der Waals surface area contributed by atoms with Crippen molar-refractivity contribution < 1.29 is 4.79 Å². The fraction of sp³-hybridized carbons (Fsp3) is 0.656. The summed E-state index contributed by atoms with van der Waals surface area (Å²) in [6.45, 7) is 5.03. The number of carbonyl (C=O) groups excluding carboxylic acids is 1. The van der Waals surface area contributed by atoms with Crippen molar-refractivity contribution in [2.45, 2.75) is 70.8 Å². The normalized spacial score (nSPS) is 30.8. The first-order chi connectivity index (χ1) is 18.6. The molecule has 3 heterocycles. The number of aromatic nitrogens is 2. The van der Waals surface area contributed by atoms with Gasteiger partial charge in [-0.05, 0) is 112 Å². The summed E-state index contributed by atoms with van der Waals surface area (Å²) in [5.74, 6) is 4.91. The van der Waals surface area contributed by atoms with Gasteiger partial charge in [0.15, 0.2) is 0 Å². The van der Waals surface area contributed by atoms with Gasteiger partial charge in [-0.2, -0.15) is 0 Å². The molecule has 6 aliphatic rings. The van der Waals surface area contributed by atoms with Crippen LogP contribution < -0.4 is 5.32 Å². The quantitative estimate of drug-likeness (QED) is 0.568. The molecule has 6 nitrogen and oxygen atoms in total. The number of rotatable bonds is 7. The van der Waals surface area contributed by atoms with E-state index in [1.54, 1.807) is 6.33 Å². The van der Waals surface area contributed by atoms with Crippen molar-refractivity contribution in [3.8, 4) is 0 Å². The van der Waals surface area contributed by atoms with Crippen LogP contribution in [0.3, 0.4) is 0 Å². The molecule has 6 heteroatoms. The van der Waals surface area contributed by atoms with Crippen LogP contribution in [0.4, 0.5) is 5.82 Å². The summed E-state index contributed by atoms with van der Waals surface area (Å²) in [5, 5.41) is 3.80. The van der Waals surface area contributed by atoms with Crippen molar-refractivity contribution in [1.82, 2.24) is 19.8 Å². The van der Waals surface area contributed by atoms with Crippen LogP contribution in [0.15, 0.2) is 36.7 Å². The van der Waals surface area contributed by atoms with Crippen LogP contribution >= 0.6 is 0 Å². The zero-order valence-electron chi connectivity index (χ0n) is 22.8. The SMILES string of the molecule is O=C(CN1CCC(Cc2ccccc2)CC1)N1CCc2c(ncnc2NCC23CC4CC(CC(C4)C2)C3)C1. The molecule has 4 bridgehead atoms. The Labute approximate surface area is 227 Å². The number of hydrogen-bond acceptors (Lipinski definition) is 5. The zero-order valence-corrected chi connectivity index (χ0v) is 22.8. The van der Waals surface area contributed by atoms with E-state index in [2.05, 4.69) is 50.5 Å². The molecular formula is C32H43N5O. The molecule has 1 amide bonds. The molecule has 38 heavy (non-hydrogen) atoms. The smallest absolute Gasteiger partial charge is 0.237 e. The second kappa shape index (κ2) is 10.3. The molecule has 1 aromatic heterocycles. The van der Waals surface area contributed by atoms with E-state index < -0.39 is 0 Å². The summed E-state index contributed by atoms with van der Waals surface area (Å²) in [4.78, 5) is 26.9. The summed E-state index contributed by atoms with van der Waals surface area (Å²) in [7, 11) is 0. The largest absolute Gasteiger partial charge is 0.369 e. The van der Waals surface area contributed by atoms with Crippen LogP contribution in [0.1, 0.15) is 68.2 Å². The van der Waals surface area contributed by atoms with Gasteiger partial charge < -0.3 is 10.2 Å². The highest BCUT2D eigenvalue weighted by Gasteiger charge is 2.50. The predicted molar refractivity (Wildman–Crippen MR) is 150 cm³/mol. The van der Waals surface area contributed by atoms with Crippen LogP contribution in [0, 0.1) is 29.1 Å². The Bertz CT molecular complexity index is 1110. The van der Waals surface area contributed by atoms with Crippen LogP contribution in [-0.4, -0.2) is 58.4 Å². The predicted octanol–water partition coefficient (Wildman–Crippen LogP) is 4.94. The Kier molecular flexibility index (Phi) is 6.63. The third kappa shape index (κ3) is 5.09. The minimum Gasteiger partial charge on any atom is -0.369 e. The molecule has 5 fully saturated rings. The number of nitrogens with zero attached hydrogens (tertiary/aromatic N) is 4. The van der Waals surface area contributed by atoms with Crippen molar-refractivity contribution >= 4 is 11.7 Å². The van der Waals surface area contributed by atoms with Crippen molar-refractivity contribution in [2.75, 3.05) is 38.0 Å². The summed E-state index contributed by atoms with van der Waals surface area (Å²) in [6, 6.07) is 10.8. The molecule has 2 aliphatic heterocycles. The first kappa shape index (κ1) is 24.6. The number of nitrogens with one attached hydrogen (secondary N) is 1. The third-order valence-electron chi connectivity index (χ3n) is 10.6. The van der Waals surface area contributed by atoms with E-state index in [1.807, 2.05) is 4.90 Å². The van der Waals surface area contributed by atoms with Gasteiger partial charge in [0, 0.05) is 18.7 Å². The van der Waals surface area contributed by atoms with E-state index >= 15 is 0 Å². The maximum absolute atomic E-state index is 13.2. The number of hydrogen-bond donors (Lipinski definition) is 1. The summed E-state index contributed by atoms with van der Waals surface area (Å²) < 4.78 is 0. The van der Waals surface area contributed by atoms with Gasteiger partial charge in [0.25, 0.3) is 0 Å². The highest BCUT2D eigenvalue weighted by atomic mass is 16.2. The topological polar surface area (TPSA) is 61.4 Å². The number of amides is 1. The van der Waals surface area contributed by atoms with Gasteiger partial charge in [-0.15, -0.1) is 0 Å². The molecular weight excluding hydrogens is 470 g/mol. The number of likely N-dealkylation sites (tertiary alicyclic amines) is 1. The molecule has 4 aliphatic carbocycles. The second-order valence-electron chi connectivity index (χ2n) is 13.4. The lowest BCUT2D eigenvalue weighted by Crippen LogP contribution is -2.49. The van der Waals surface area contributed by atoms with Gasteiger partial charge in [-0.3, -0.25) is 9.69 Å². The fourth-order valence-electron chi connectivity index (χ4n) is 9.08. The second-order valence-corrected chi connectivity index (χ2v) is 13.4. The van der Waals surface area contributed by atoms with Crippen LogP contribution in [-0.2, 0) is 24.2 Å². The molecule has 0 unspecified atom stereocenters. The molecule has 4 saturated carbocycles. The summed E-state index contributed by atoms with van der Waals surface area (Å²) in [6.07, 6.45) is 14.7. The third-order valence-corrected chi connectivity index (χ3v) is 10.6. The Morgan fingerprint density at radius 2 is 1.66 bits per heavy atom. The monoisotopic (exact) mass is 513 g/mol. The summed E-state index contributed by atoms with van der Waals surface area (Å²) >= 11 is 0. The first-order valence-corrected chi connectivity index (χ1v) is 15.2. The Balaban J connectivity index is 0.920. The maximum atomic E-state index is 13.2. The molecule has 8 rings (SSSR count). The molecule has 1 aromatic carbocycles. The van der Waals surface area contributed by atoms with Crippen molar-refractivity contribution in [3.05, 3.63) is 53.5 Å². The van der Waals surface area contributed by atoms with Gasteiger partial charge in [0.2, 0.25) is 5.91 Å². The Hall–Kier alpha value is -2.47. The van der Waals surface area contributed by atoms with Crippen LogP contribution in [0.5, 0.6) is 0 Å². The number of anilines is 1. The maximum Gasteiger partial charge on any atom is 0.237 e. The number of piperidine rings is 1. The van der Waals surface area contributed by atoms with Crippen molar-refractivity contribution in [2.24, 2.45) is 29.1 Å². The van der Waals surface area contributed by atoms with Crippen molar-refractivity contribution in [1.29, 1.82) is 0 Å². The van der Waals surface area contributed by atoms with E-state index in [0.717, 1.165) is 74.2 Å². The average molecular weight is 514 g/mol. The van der Waals surface area contributed by atoms with Gasteiger partial charge in [0.1, 0.15) is 12.1 Å². The number of benzene rings is 1. The lowest BCUT2D eigenvalue weighted by molar-refractivity contribution is -0.133. The molecule has 0 spiro atoms. The Morgan fingerprint density at radius 1 is 0.947 bits per heavy atom. The lowest BCUT2D eigenvalue weighted by Gasteiger charge is -2.57. The minimum atomic E-state index is 0.249. The van der Waals surface area contributed by atoms with Gasteiger partial charge >= 0.3 is 0 Å². The van der Waals surface area contributed by atoms with Crippen LogP contribution in [0.2, 0.25) is 0 Å². The number of carbonyl (C=O) groups is 1. The molecule has 2 aromatic rings. The van der Waals surface area contributed by atoms with E-state index in [4.69, 9.17) is 0 Å². The van der Waals surface area contributed by atoms with Gasteiger partial charge in [0.05, 0.1) is 18.8 Å². The highest BCUT2D eigenvalue weighted by Crippen LogP contribution is 2.60. The van der Waals surface area contributed by atoms with Crippen LogP contribution in [0.25, 0.3) is 0 Å². The Morgan fingerprint density at radius 3 is 2.37 bits per heavy atom. The molecule has 1 N–H and O–H groups in total. The van der Waals surface area contributed by atoms with Gasteiger partial charge in [-0.1, -0.05) is 30.3 Å².